The Morgan fingerprint density at radius 3 is 2.45 bits per heavy atom. The molecule has 10 heteroatoms. The zero-order valence-electron chi connectivity index (χ0n) is 10.8. The molecule has 2 aliphatic rings. The number of hydrogen-bond donors (Lipinski definition) is 1. The van der Waals surface area contributed by atoms with Crippen LogP contribution in [0, 0.1) is 5.92 Å². The van der Waals surface area contributed by atoms with Crippen LogP contribution in [0.25, 0.3) is 0 Å². The first-order valence-electron chi connectivity index (χ1n) is 5.86. The maximum absolute atomic E-state index is 11.8. The molecular weight excluding hydrogens is 292 g/mol. The molecule has 2 fully saturated rings. The van der Waals surface area contributed by atoms with E-state index in [0.29, 0.717) is 4.31 Å². The number of rotatable bonds is 3. The van der Waals surface area contributed by atoms with Crippen molar-refractivity contribution in [1.29, 1.82) is 0 Å². The molecule has 0 aromatic carbocycles. The normalized spacial score (nSPS) is 30.4. The Morgan fingerprint density at radius 2 is 2.00 bits per heavy atom. The molecule has 2 rings (SSSR count). The molecule has 0 aromatic rings. The van der Waals surface area contributed by atoms with E-state index in [1.54, 1.807) is 0 Å². The van der Waals surface area contributed by atoms with E-state index in [9.17, 15) is 22.8 Å². The standard InChI is InChI=1S/C10H14N2O7S/c1-5-8(9(14)12(5)20(16,17)18)11-4-6(3-7(11)13)10(15)19-2/h5-6,8H,3-4H2,1-2H3,(H,16,17,18)/t5-,6?,8-/m0/s1. The summed E-state index contributed by atoms with van der Waals surface area (Å²) in [7, 11) is -3.42. The van der Waals surface area contributed by atoms with E-state index in [0.717, 1.165) is 4.90 Å². The molecule has 0 bridgehead atoms. The summed E-state index contributed by atoms with van der Waals surface area (Å²) in [6, 6.07) is -1.84. The molecule has 2 aliphatic heterocycles. The van der Waals surface area contributed by atoms with E-state index in [1.165, 1.54) is 14.0 Å². The van der Waals surface area contributed by atoms with Crippen LogP contribution in [-0.4, -0.2) is 65.7 Å². The van der Waals surface area contributed by atoms with Crippen molar-refractivity contribution < 1.29 is 32.1 Å². The second-order valence-electron chi connectivity index (χ2n) is 4.77. The Balaban J connectivity index is 2.13. The van der Waals surface area contributed by atoms with Gasteiger partial charge in [0.1, 0.15) is 6.04 Å². The van der Waals surface area contributed by atoms with E-state index in [2.05, 4.69) is 4.74 Å². The molecule has 0 spiro atoms. The van der Waals surface area contributed by atoms with Gasteiger partial charge in [-0.1, -0.05) is 0 Å². The highest BCUT2D eigenvalue weighted by atomic mass is 32.2. The second kappa shape index (κ2) is 4.70. The minimum Gasteiger partial charge on any atom is -0.469 e. The lowest BCUT2D eigenvalue weighted by molar-refractivity contribution is -0.155. The zero-order chi connectivity index (χ0) is 15.2. The third kappa shape index (κ3) is 2.14. The van der Waals surface area contributed by atoms with Crippen molar-refractivity contribution in [3.8, 4) is 0 Å². The Labute approximate surface area is 115 Å². The van der Waals surface area contributed by atoms with Crippen molar-refractivity contribution in [3.05, 3.63) is 0 Å². The van der Waals surface area contributed by atoms with Gasteiger partial charge in [-0.25, -0.2) is 4.31 Å². The van der Waals surface area contributed by atoms with Crippen LogP contribution in [0.5, 0.6) is 0 Å². The van der Waals surface area contributed by atoms with Gasteiger partial charge >= 0.3 is 16.3 Å². The largest absolute Gasteiger partial charge is 0.469 e. The predicted octanol–water partition coefficient (Wildman–Crippen LogP) is -1.59. The van der Waals surface area contributed by atoms with Crippen LogP contribution in [0.2, 0.25) is 0 Å². The molecule has 112 valence electrons. The fraction of sp³-hybridized carbons (Fsp3) is 0.700. The monoisotopic (exact) mass is 306 g/mol. The van der Waals surface area contributed by atoms with Crippen molar-refractivity contribution in [1.82, 2.24) is 9.21 Å². The average Bonchev–Trinajstić information content (AvgIpc) is 2.68. The Morgan fingerprint density at radius 1 is 1.40 bits per heavy atom. The van der Waals surface area contributed by atoms with E-state index in [1.807, 2.05) is 0 Å². The van der Waals surface area contributed by atoms with Crippen molar-refractivity contribution in [2.75, 3.05) is 13.7 Å². The van der Waals surface area contributed by atoms with Crippen molar-refractivity contribution in [3.63, 3.8) is 0 Å². The number of hydrogen-bond acceptors (Lipinski definition) is 6. The van der Waals surface area contributed by atoms with Crippen LogP contribution in [-0.2, 0) is 29.4 Å². The summed E-state index contributed by atoms with van der Waals surface area (Å²) in [4.78, 5) is 36.1. The van der Waals surface area contributed by atoms with Crippen molar-refractivity contribution >= 4 is 28.1 Å². The summed E-state index contributed by atoms with van der Waals surface area (Å²) in [6.45, 7) is 1.41. The predicted molar refractivity (Wildman–Crippen MR) is 63.5 cm³/mol. The first-order chi connectivity index (χ1) is 9.18. The van der Waals surface area contributed by atoms with Gasteiger partial charge in [0.15, 0.2) is 0 Å². The minimum absolute atomic E-state index is 0.00553. The maximum atomic E-state index is 11.8. The number of amides is 2. The molecule has 20 heavy (non-hydrogen) atoms. The van der Waals surface area contributed by atoms with Gasteiger partial charge in [-0.3, -0.25) is 18.9 Å². The van der Waals surface area contributed by atoms with E-state index >= 15 is 0 Å². The molecule has 1 unspecified atom stereocenters. The number of carbonyl (C=O) groups is 3. The topological polar surface area (TPSA) is 121 Å². The lowest BCUT2D eigenvalue weighted by Crippen LogP contribution is -2.71. The number of ether oxygens (including phenoxy) is 1. The number of carbonyl (C=O) groups excluding carboxylic acids is 3. The molecule has 2 heterocycles. The maximum Gasteiger partial charge on any atom is 0.362 e. The molecule has 0 saturated carbocycles. The highest BCUT2D eigenvalue weighted by Crippen LogP contribution is 2.32. The summed E-state index contributed by atoms with van der Waals surface area (Å²) in [6.07, 6.45) is -0.0744. The third-order valence-electron chi connectivity index (χ3n) is 3.57. The van der Waals surface area contributed by atoms with Gasteiger partial charge in [-0.15, -0.1) is 0 Å². The molecule has 0 aromatic heterocycles. The number of methoxy groups -OCH3 is 1. The van der Waals surface area contributed by atoms with Gasteiger partial charge < -0.3 is 9.64 Å². The molecule has 0 aliphatic carbocycles. The second-order valence-corrected chi connectivity index (χ2v) is 6.06. The van der Waals surface area contributed by atoms with E-state index < -0.39 is 46.1 Å². The molecule has 2 saturated heterocycles. The SMILES string of the molecule is COC(=O)C1CC(=O)N([C@@H]2C(=O)N(S(=O)(=O)O)[C@H]2C)C1. The highest BCUT2D eigenvalue weighted by molar-refractivity contribution is 7.84. The molecule has 0 radical (unpaired) electrons. The number of likely N-dealkylation sites (tertiary alicyclic amines) is 1. The van der Waals surface area contributed by atoms with Gasteiger partial charge in [0, 0.05) is 13.0 Å². The fourth-order valence-electron chi connectivity index (χ4n) is 2.63. The lowest BCUT2D eigenvalue weighted by atomic mass is 9.99. The van der Waals surface area contributed by atoms with Crippen LogP contribution in [0.3, 0.4) is 0 Å². The highest BCUT2D eigenvalue weighted by Gasteiger charge is 2.56. The van der Waals surface area contributed by atoms with Crippen LogP contribution in [0.4, 0.5) is 0 Å². The Bertz CT molecular complexity index is 572. The lowest BCUT2D eigenvalue weighted by Gasteiger charge is -2.46. The van der Waals surface area contributed by atoms with Crippen LogP contribution in [0.1, 0.15) is 13.3 Å². The molecule has 9 nitrogen and oxygen atoms in total. The number of β-lactam (4-membered cyclic amide) rings is 1. The minimum atomic E-state index is -4.62. The van der Waals surface area contributed by atoms with Gasteiger partial charge in [0.2, 0.25) is 5.91 Å². The Kier molecular flexibility index (Phi) is 3.46. The molecule has 3 atom stereocenters. The summed E-state index contributed by atoms with van der Waals surface area (Å²) in [5.74, 6) is -2.50. The molecule has 1 N–H and O–H groups in total. The average molecular weight is 306 g/mol. The van der Waals surface area contributed by atoms with Crippen LogP contribution < -0.4 is 0 Å². The smallest absolute Gasteiger partial charge is 0.362 e. The quantitative estimate of drug-likeness (QED) is 0.379. The summed E-state index contributed by atoms with van der Waals surface area (Å²) in [5, 5.41) is 0. The summed E-state index contributed by atoms with van der Waals surface area (Å²) in [5.41, 5.74) is 0. The summed E-state index contributed by atoms with van der Waals surface area (Å²) < 4.78 is 35.7. The van der Waals surface area contributed by atoms with E-state index in [4.69, 9.17) is 4.55 Å². The van der Waals surface area contributed by atoms with Gasteiger partial charge in [-0.05, 0) is 6.92 Å². The molecule has 2 amide bonds. The number of nitrogens with zero attached hydrogens (tertiary/aromatic N) is 2. The van der Waals surface area contributed by atoms with Crippen LogP contribution in [0.15, 0.2) is 0 Å². The molecular formula is C10H14N2O7S. The third-order valence-corrected chi connectivity index (χ3v) is 4.58. The first-order valence-corrected chi connectivity index (χ1v) is 7.26. The zero-order valence-corrected chi connectivity index (χ0v) is 11.7. The van der Waals surface area contributed by atoms with E-state index in [-0.39, 0.29) is 13.0 Å². The first kappa shape index (κ1) is 14.7. The summed E-state index contributed by atoms with van der Waals surface area (Å²) >= 11 is 0. The van der Waals surface area contributed by atoms with Gasteiger partial charge in [0.05, 0.1) is 19.1 Å². The van der Waals surface area contributed by atoms with Gasteiger partial charge in [-0.2, -0.15) is 8.42 Å². The van der Waals surface area contributed by atoms with Crippen molar-refractivity contribution in [2.45, 2.75) is 25.4 Å². The Hall–Kier alpha value is -1.68. The van der Waals surface area contributed by atoms with Crippen LogP contribution >= 0.6 is 0 Å². The van der Waals surface area contributed by atoms with Gasteiger partial charge in [0.25, 0.3) is 5.91 Å². The fourth-order valence-corrected chi connectivity index (χ4v) is 3.50. The number of esters is 1. The van der Waals surface area contributed by atoms with Crippen molar-refractivity contribution in [2.24, 2.45) is 5.92 Å².